The molecule has 5 heteroatoms. The van der Waals surface area contributed by atoms with Crippen LogP contribution in [0.3, 0.4) is 0 Å². The zero-order valence-corrected chi connectivity index (χ0v) is 11.5. The van der Waals surface area contributed by atoms with Crippen LogP contribution < -0.4 is 5.32 Å². The zero-order valence-electron chi connectivity index (χ0n) is 10.7. The molecule has 2 rings (SSSR count). The summed E-state index contributed by atoms with van der Waals surface area (Å²) in [6, 6.07) is 9.08. The summed E-state index contributed by atoms with van der Waals surface area (Å²) in [4.78, 5) is 12.7. The summed E-state index contributed by atoms with van der Waals surface area (Å²) in [5, 5.41) is 16.5. The molecule has 0 unspecified atom stereocenters. The Balaban J connectivity index is 2.12. The lowest BCUT2D eigenvalue weighted by Gasteiger charge is -2.05. The van der Waals surface area contributed by atoms with E-state index >= 15 is 0 Å². The third-order valence-corrected chi connectivity index (χ3v) is 3.79. The number of benzene rings is 1. The van der Waals surface area contributed by atoms with Gasteiger partial charge in [0.25, 0.3) is 5.91 Å². The lowest BCUT2D eigenvalue weighted by molar-refractivity contribution is 0.103. The molecule has 98 valence electrons. The molecule has 0 aliphatic heterocycles. The highest BCUT2D eigenvalue weighted by molar-refractivity contribution is 7.12. The molecule has 1 aromatic heterocycles. The van der Waals surface area contributed by atoms with Gasteiger partial charge in [0.1, 0.15) is 0 Å². The van der Waals surface area contributed by atoms with Gasteiger partial charge < -0.3 is 10.5 Å². The molecule has 0 saturated heterocycles. The number of hydrogen-bond acceptors (Lipinski definition) is 4. The molecule has 19 heavy (non-hydrogen) atoms. The Morgan fingerprint density at radius 2 is 1.95 bits per heavy atom. The van der Waals surface area contributed by atoms with Gasteiger partial charge in [0, 0.05) is 5.69 Å². The van der Waals surface area contributed by atoms with Crippen molar-refractivity contribution in [3.05, 3.63) is 51.7 Å². The zero-order chi connectivity index (χ0) is 13.8. The van der Waals surface area contributed by atoms with Crippen molar-refractivity contribution < 1.29 is 10.0 Å². The van der Waals surface area contributed by atoms with Crippen LogP contribution in [0.4, 0.5) is 5.69 Å². The van der Waals surface area contributed by atoms with Crippen LogP contribution >= 0.6 is 11.3 Å². The fraction of sp³-hybridized carbons (Fsp3) is 0.143. The van der Waals surface area contributed by atoms with E-state index in [1.165, 1.54) is 11.3 Å². The van der Waals surface area contributed by atoms with Crippen LogP contribution in [-0.2, 0) is 0 Å². The van der Waals surface area contributed by atoms with Gasteiger partial charge in [-0.15, -0.1) is 11.3 Å². The van der Waals surface area contributed by atoms with Crippen LogP contribution in [0.5, 0.6) is 0 Å². The topological polar surface area (TPSA) is 61.7 Å². The predicted octanol–water partition coefficient (Wildman–Crippen LogP) is 3.51. The lowest BCUT2D eigenvalue weighted by atomic mass is 10.1. The molecular formula is C14H14N2O2S. The maximum Gasteiger partial charge on any atom is 0.265 e. The average Bonchev–Trinajstić information content (AvgIpc) is 2.85. The highest BCUT2D eigenvalue weighted by Gasteiger charge is 2.10. The molecular weight excluding hydrogens is 260 g/mol. The number of nitrogens with one attached hydrogen (secondary N) is 1. The van der Waals surface area contributed by atoms with Gasteiger partial charge >= 0.3 is 0 Å². The van der Waals surface area contributed by atoms with Crippen LogP contribution in [0.25, 0.3) is 0 Å². The smallest absolute Gasteiger partial charge is 0.265 e. The first-order valence-electron chi connectivity index (χ1n) is 5.76. The molecule has 0 fully saturated rings. The Hall–Kier alpha value is -2.14. The van der Waals surface area contributed by atoms with Crippen LogP contribution in [0.15, 0.2) is 40.9 Å². The van der Waals surface area contributed by atoms with E-state index in [0.29, 0.717) is 11.4 Å². The van der Waals surface area contributed by atoms with E-state index in [1.807, 2.05) is 18.4 Å². The van der Waals surface area contributed by atoms with Crippen molar-refractivity contribution in [1.82, 2.24) is 0 Å². The SMILES string of the molecule is C/C(=N\O)c1ccc(NC(=O)c2sccc2C)cc1. The van der Waals surface area contributed by atoms with Gasteiger partial charge in [-0.05, 0) is 48.6 Å². The van der Waals surface area contributed by atoms with Crippen molar-refractivity contribution in [2.24, 2.45) is 5.16 Å². The number of nitrogens with zero attached hydrogens (tertiary/aromatic N) is 1. The minimum absolute atomic E-state index is 0.104. The Morgan fingerprint density at radius 1 is 1.26 bits per heavy atom. The van der Waals surface area contributed by atoms with Crippen LogP contribution in [0.1, 0.15) is 27.7 Å². The van der Waals surface area contributed by atoms with E-state index in [1.54, 1.807) is 31.2 Å². The molecule has 0 spiro atoms. The first kappa shape index (κ1) is 13.3. The van der Waals surface area contributed by atoms with E-state index in [2.05, 4.69) is 10.5 Å². The van der Waals surface area contributed by atoms with Gasteiger partial charge in [0.2, 0.25) is 0 Å². The molecule has 4 nitrogen and oxygen atoms in total. The van der Waals surface area contributed by atoms with Crippen molar-refractivity contribution >= 4 is 28.6 Å². The Kier molecular flexibility index (Phi) is 3.97. The summed E-state index contributed by atoms with van der Waals surface area (Å²) in [5.74, 6) is -0.104. The number of aryl methyl sites for hydroxylation is 1. The second kappa shape index (κ2) is 5.67. The van der Waals surface area contributed by atoms with E-state index in [4.69, 9.17) is 5.21 Å². The number of anilines is 1. The first-order chi connectivity index (χ1) is 9.11. The van der Waals surface area contributed by atoms with Crippen LogP contribution in [0, 0.1) is 6.92 Å². The fourth-order valence-electron chi connectivity index (χ4n) is 1.65. The number of carbonyl (C=O) groups excluding carboxylic acids is 1. The summed E-state index contributed by atoms with van der Waals surface area (Å²) >= 11 is 1.42. The summed E-state index contributed by atoms with van der Waals surface area (Å²) in [5.41, 5.74) is 3.04. The van der Waals surface area contributed by atoms with E-state index < -0.39 is 0 Å². The second-order valence-corrected chi connectivity index (χ2v) is 5.07. The van der Waals surface area contributed by atoms with E-state index in [-0.39, 0.29) is 5.91 Å². The normalized spacial score (nSPS) is 11.4. The number of amides is 1. The van der Waals surface area contributed by atoms with Gasteiger partial charge in [-0.2, -0.15) is 0 Å². The second-order valence-electron chi connectivity index (χ2n) is 4.15. The molecule has 0 saturated carbocycles. The summed E-state index contributed by atoms with van der Waals surface area (Å²) in [7, 11) is 0. The molecule has 0 atom stereocenters. The van der Waals surface area contributed by atoms with Crippen molar-refractivity contribution in [1.29, 1.82) is 0 Å². The van der Waals surface area contributed by atoms with Crippen molar-refractivity contribution in [3.63, 3.8) is 0 Å². The molecule has 0 aliphatic rings. The average molecular weight is 274 g/mol. The molecule has 1 amide bonds. The number of hydrogen-bond donors (Lipinski definition) is 2. The summed E-state index contributed by atoms with van der Waals surface area (Å²) in [6.07, 6.45) is 0. The maximum absolute atomic E-state index is 12.0. The maximum atomic E-state index is 12.0. The van der Waals surface area contributed by atoms with Crippen LogP contribution in [0.2, 0.25) is 0 Å². The Labute approximate surface area is 115 Å². The van der Waals surface area contributed by atoms with Gasteiger partial charge in [0.15, 0.2) is 0 Å². The number of rotatable bonds is 3. The summed E-state index contributed by atoms with van der Waals surface area (Å²) < 4.78 is 0. The Morgan fingerprint density at radius 3 is 2.47 bits per heavy atom. The molecule has 1 aromatic carbocycles. The number of carbonyl (C=O) groups is 1. The summed E-state index contributed by atoms with van der Waals surface area (Å²) in [6.45, 7) is 3.62. The molecule has 0 radical (unpaired) electrons. The van der Waals surface area contributed by atoms with Gasteiger partial charge in [-0.25, -0.2) is 0 Å². The molecule has 1 heterocycles. The van der Waals surface area contributed by atoms with Crippen molar-refractivity contribution in [3.8, 4) is 0 Å². The minimum Gasteiger partial charge on any atom is -0.411 e. The third-order valence-electron chi connectivity index (χ3n) is 2.78. The minimum atomic E-state index is -0.104. The van der Waals surface area contributed by atoms with E-state index in [9.17, 15) is 4.79 Å². The van der Waals surface area contributed by atoms with Crippen molar-refractivity contribution in [2.75, 3.05) is 5.32 Å². The fourth-order valence-corrected chi connectivity index (χ4v) is 2.47. The monoisotopic (exact) mass is 274 g/mol. The number of thiophene rings is 1. The predicted molar refractivity (Wildman–Crippen MR) is 77.4 cm³/mol. The van der Waals surface area contributed by atoms with E-state index in [0.717, 1.165) is 16.0 Å². The molecule has 2 aromatic rings. The third kappa shape index (κ3) is 3.00. The largest absolute Gasteiger partial charge is 0.411 e. The Bertz CT molecular complexity index is 615. The quantitative estimate of drug-likeness (QED) is 0.511. The van der Waals surface area contributed by atoms with Gasteiger partial charge in [-0.3, -0.25) is 4.79 Å². The van der Waals surface area contributed by atoms with Gasteiger partial charge in [-0.1, -0.05) is 17.3 Å². The molecule has 2 N–H and O–H groups in total. The molecule has 0 aliphatic carbocycles. The van der Waals surface area contributed by atoms with Crippen molar-refractivity contribution in [2.45, 2.75) is 13.8 Å². The van der Waals surface area contributed by atoms with Crippen LogP contribution in [-0.4, -0.2) is 16.8 Å². The van der Waals surface area contributed by atoms with Gasteiger partial charge in [0.05, 0.1) is 10.6 Å². The first-order valence-corrected chi connectivity index (χ1v) is 6.64. The molecule has 0 bridgehead atoms. The standard InChI is InChI=1S/C14H14N2O2S/c1-9-7-8-19-13(9)14(17)15-12-5-3-11(4-6-12)10(2)16-18/h3-8,18H,1-2H3,(H,15,17)/b16-10+. The lowest BCUT2D eigenvalue weighted by Crippen LogP contribution is -2.11. The highest BCUT2D eigenvalue weighted by atomic mass is 32.1. The highest BCUT2D eigenvalue weighted by Crippen LogP contribution is 2.18. The number of oxime groups is 1.